The van der Waals surface area contributed by atoms with E-state index >= 15 is 0 Å². The van der Waals surface area contributed by atoms with Crippen molar-refractivity contribution in [2.24, 2.45) is 5.92 Å². The van der Waals surface area contributed by atoms with Gasteiger partial charge in [-0.3, -0.25) is 0 Å². The van der Waals surface area contributed by atoms with E-state index in [4.69, 9.17) is 9.47 Å². The molecule has 1 aliphatic carbocycles. The van der Waals surface area contributed by atoms with Crippen molar-refractivity contribution in [2.45, 2.75) is 52.4 Å². The molecule has 0 atom stereocenters. The molecule has 0 N–H and O–H groups in total. The molecule has 1 aliphatic rings. The third-order valence-corrected chi connectivity index (χ3v) is 4.90. The van der Waals surface area contributed by atoms with Gasteiger partial charge in [0.1, 0.15) is 0 Å². The van der Waals surface area contributed by atoms with Crippen LogP contribution >= 0.6 is 0 Å². The van der Waals surface area contributed by atoms with Crippen molar-refractivity contribution in [1.29, 1.82) is 0 Å². The lowest BCUT2D eigenvalue weighted by atomic mass is 9.82. The van der Waals surface area contributed by atoms with Gasteiger partial charge < -0.3 is 9.47 Å². The van der Waals surface area contributed by atoms with E-state index in [1.165, 1.54) is 46.3 Å². The summed E-state index contributed by atoms with van der Waals surface area (Å²) in [6.07, 6.45) is 7.33. The first kappa shape index (κ1) is 17.5. The van der Waals surface area contributed by atoms with Crippen LogP contribution in [0.2, 0.25) is 0 Å². The van der Waals surface area contributed by atoms with E-state index in [1.54, 1.807) is 0 Å². The highest BCUT2D eigenvalue weighted by Crippen LogP contribution is 2.31. The van der Waals surface area contributed by atoms with Crippen molar-refractivity contribution in [3.05, 3.63) is 33.9 Å². The molecule has 23 heavy (non-hydrogen) atoms. The normalized spacial score (nSPS) is 15.3. The topological polar surface area (TPSA) is 52.6 Å². The maximum atomic E-state index is 12.2. The minimum absolute atomic E-state index is 0.323. The van der Waals surface area contributed by atoms with Crippen molar-refractivity contribution in [3.8, 4) is 0 Å². The maximum Gasteiger partial charge on any atom is 0.339 e. The molecule has 0 saturated heterocycles. The predicted molar refractivity (Wildman–Crippen MR) is 88.9 cm³/mol. The van der Waals surface area contributed by atoms with Crippen LogP contribution in [0.3, 0.4) is 0 Å². The summed E-state index contributed by atoms with van der Waals surface area (Å²) in [5.74, 6) is -0.303. The Bertz CT molecular complexity index is 598. The lowest BCUT2D eigenvalue weighted by molar-refractivity contribution is 0.0553. The Morgan fingerprint density at radius 3 is 2.13 bits per heavy atom. The molecule has 0 aromatic heterocycles. The van der Waals surface area contributed by atoms with Crippen molar-refractivity contribution >= 4 is 11.9 Å². The van der Waals surface area contributed by atoms with Gasteiger partial charge in [-0.1, -0.05) is 38.2 Å². The van der Waals surface area contributed by atoms with Gasteiger partial charge in [0.05, 0.1) is 25.3 Å². The summed E-state index contributed by atoms with van der Waals surface area (Å²) in [5.41, 5.74) is 3.43. The number of hydrogen-bond acceptors (Lipinski definition) is 4. The van der Waals surface area contributed by atoms with Gasteiger partial charge in [-0.05, 0) is 42.9 Å². The molecule has 0 spiro atoms. The number of carbonyl (C=O) groups excluding carboxylic acids is 2. The van der Waals surface area contributed by atoms with Crippen LogP contribution in [0.1, 0.15) is 69.5 Å². The molecule has 126 valence electrons. The fraction of sp³-hybridized carbons (Fsp3) is 0.579. The Labute approximate surface area is 138 Å². The number of hydrogen-bond donors (Lipinski definition) is 0. The second-order valence-electron chi connectivity index (χ2n) is 6.42. The highest BCUT2D eigenvalue weighted by Gasteiger charge is 2.26. The zero-order valence-electron chi connectivity index (χ0n) is 14.5. The van der Waals surface area contributed by atoms with Crippen LogP contribution in [0.4, 0.5) is 0 Å². The van der Waals surface area contributed by atoms with Gasteiger partial charge in [0.25, 0.3) is 0 Å². The Hall–Kier alpha value is -1.84. The maximum absolute atomic E-state index is 12.2. The van der Waals surface area contributed by atoms with E-state index in [9.17, 15) is 9.59 Å². The smallest absolute Gasteiger partial charge is 0.339 e. The number of benzene rings is 1. The standard InChI is InChI=1S/C19H26O4/c1-12-10-15(11-14-8-6-5-7-9-14)13(2)17(19(21)23-4)16(12)18(20)22-3/h10,14H,5-9,11H2,1-4H3. The zero-order valence-corrected chi connectivity index (χ0v) is 14.5. The summed E-state index contributed by atoms with van der Waals surface area (Å²) < 4.78 is 9.76. The van der Waals surface area contributed by atoms with E-state index in [1.807, 2.05) is 19.9 Å². The Balaban J connectivity index is 2.46. The first-order valence-electron chi connectivity index (χ1n) is 8.29. The molecule has 0 aliphatic heterocycles. The van der Waals surface area contributed by atoms with Crippen LogP contribution < -0.4 is 0 Å². The fourth-order valence-electron chi connectivity index (χ4n) is 3.62. The molecule has 0 heterocycles. The first-order chi connectivity index (χ1) is 11.0. The average Bonchev–Trinajstić information content (AvgIpc) is 2.57. The Morgan fingerprint density at radius 1 is 1.00 bits per heavy atom. The van der Waals surface area contributed by atoms with Crippen LogP contribution in [0.5, 0.6) is 0 Å². The summed E-state index contributed by atoms with van der Waals surface area (Å²) in [6.45, 7) is 3.75. The van der Waals surface area contributed by atoms with Gasteiger partial charge in [0.2, 0.25) is 0 Å². The minimum atomic E-state index is -0.491. The van der Waals surface area contributed by atoms with Gasteiger partial charge in [-0.2, -0.15) is 0 Å². The van der Waals surface area contributed by atoms with Crippen molar-refractivity contribution in [3.63, 3.8) is 0 Å². The monoisotopic (exact) mass is 318 g/mol. The van der Waals surface area contributed by atoms with Crippen LogP contribution in [-0.2, 0) is 15.9 Å². The van der Waals surface area contributed by atoms with Crippen LogP contribution in [0.25, 0.3) is 0 Å². The van der Waals surface area contributed by atoms with Gasteiger partial charge in [0, 0.05) is 0 Å². The van der Waals surface area contributed by atoms with Crippen LogP contribution in [-0.4, -0.2) is 26.2 Å². The molecule has 0 bridgehead atoms. The summed E-state index contributed by atoms with van der Waals surface area (Å²) in [7, 11) is 2.67. The van der Waals surface area contributed by atoms with E-state index in [2.05, 4.69) is 0 Å². The van der Waals surface area contributed by atoms with E-state index in [0.29, 0.717) is 17.0 Å². The van der Waals surface area contributed by atoms with E-state index < -0.39 is 11.9 Å². The predicted octanol–water partition coefficient (Wildman–Crippen LogP) is 4.00. The summed E-state index contributed by atoms with van der Waals surface area (Å²) in [4.78, 5) is 24.3. The molecule has 2 rings (SSSR count). The molecule has 1 saturated carbocycles. The Kier molecular flexibility index (Phi) is 5.80. The number of rotatable bonds is 4. The van der Waals surface area contributed by atoms with E-state index in [-0.39, 0.29) is 0 Å². The first-order valence-corrected chi connectivity index (χ1v) is 8.29. The molecule has 0 radical (unpaired) electrons. The molecule has 0 unspecified atom stereocenters. The lowest BCUT2D eigenvalue weighted by Crippen LogP contribution is -2.18. The zero-order chi connectivity index (χ0) is 17.0. The fourth-order valence-corrected chi connectivity index (χ4v) is 3.62. The molecular weight excluding hydrogens is 292 g/mol. The quantitative estimate of drug-likeness (QED) is 0.787. The van der Waals surface area contributed by atoms with Crippen molar-refractivity contribution in [1.82, 2.24) is 0 Å². The number of methoxy groups -OCH3 is 2. The second kappa shape index (κ2) is 7.62. The van der Waals surface area contributed by atoms with E-state index in [0.717, 1.165) is 23.1 Å². The largest absolute Gasteiger partial charge is 0.465 e. The molecule has 1 aromatic carbocycles. The lowest BCUT2D eigenvalue weighted by Gasteiger charge is -2.24. The minimum Gasteiger partial charge on any atom is -0.465 e. The van der Waals surface area contributed by atoms with Gasteiger partial charge >= 0.3 is 11.9 Å². The highest BCUT2D eigenvalue weighted by molar-refractivity contribution is 6.05. The van der Waals surface area contributed by atoms with Gasteiger partial charge in [0.15, 0.2) is 0 Å². The molecule has 4 nitrogen and oxygen atoms in total. The summed E-state index contributed by atoms with van der Waals surface area (Å²) in [6, 6.07) is 2.03. The molecule has 1 fully saturated rings. The molecule has 0 amide bonds. The van der Waals surface area contributed by atoms with Crippen molar-refractivity contribution in [2.75, 3.05) is 14.2 Å². The summed E-state index contributed by atoms with van der Waals surface area (Å²) >= 11 is 0. The number of esters is 2. The third-order valence-electron chi connectivity index (χ3n) is 4.90. The number of ether oxygens (including phenoxy) is 2. The average molecular weight is 318 g/mol. The molecular formula is C19H26O4. The van der Waals surface area contributed by atoms with Crippen molar-refractivity contribution < 1.29 is 19.1 Å². The third kappa shape index (κ3) is 3.74. The van der Waals surface area contributed by atoms with Crippen LogP contribution in [0.15, 0.2) is 6.07 Å². The van der Waals surface area contributed by atoms with Crippen LogP contribution in [0, 0.1) is 19.8 Å². The highest BCUT2D eigenvalue weighted by atomic mass is 16.5. The Morgan fingerprint density at radius 2 is 1.57 bits per heavy atom. The van der Waals surface area contributed by atoms with Gasteiger partial charge in [-0.15, -0.1) is 0 Å². The molecule has 1 aromatic rings. The van der Waals surface area contributed by atoms with Gasteiger partial charge in [-0.25, -0.2) is 9.59 Å². The molecule has 4 heteroatoms. The number of aryl methyl sites for hydroxylation is 1. The SMILES string of the molecule is COC(=O)c1c(C)cc(CC2CCCCC2)c(C)c1C(=O)OC. The second-order valence-corrected chi connectivity index (χ2v) is 6.42. The number of carbonyl (C=O) groups is 2. The summed E-state index contributed by atoms with van der Waals surface area (Å²) in [5, 5.41) is 0.